The van der Waals surface area contributed by atoms with Crippen molar-refractivity contribution in [1.29, 1.82) is 0 Å². The van der Waals surface area contributed by atoms with Gasteiger partial charge in [-0.2, -0.15) is 0 Å². The van der Waals surface area contributed by atoms with Gasteiger partial charge in [0.2, 0.25) is 7.37 Å². The van der Waals surface area contributed by atoms with E-state index in [9.17, 15) is 9.36 Å². The van der Waals surface area contributed by atoms with E-state index in [0.717, 1.165) is 0 Å². The van der Waals surface area contributed by atoms with E-state index in [2.05, 4.69) is 0 Å². The first-order chi connectivity index (χ1) is 7.08. The summed E-state index contributed by atoms with van der Waals surface area (Å²) in [6.45, 7) is 1.93. The fourth-order valence-electron chi connectivity index (χ4n) is 1.25. The van der Waals surface area contributed by atoms with E-state index in [1.165, 1.54) is 0 Å². The molecular formula is C10H13O4P. The molecule has 0 radical (unpaired) electrons. The van der Waals surface area contributed by atoms with Gasteiger partial charge in [0.15, 0.2) is 0 Å². The molecule has 1 aromatic carbocycles. The number of carbonyl (C=O) groups is 1. The maximum Gasteiger partial charge on any atom is 0.313 e. The molecule has 0 spiro atoms. The molecule has 1 aromatic rings. The van der Waals surface area contributed by atoms with Gasteiger partial charge in [-0.05, 0) is 19.1 Å². The SMILES string of the molecule is CCOP(=O)(CC(=O)O)c1ccccc1. The average molecular weight is 228 g/mol. The zero-order valence-electron chi connectivity index (χ0n) is 8.42. The second-order valence-corrected chi connectivity index (χ2v) is 5.42. The Hall–Kier alpha value is -1.12. The van der Waals surface area contributed by atoms with Crippen molar-refractivity contribution in [3.8, 4) is 0 Å². The maximum absolute atomic E-state index is 12.2. The highest BCUT2D eigenvalue weighted by molar-refractivity contribution is 7.67. The number of hydrogen-bond acceptors (Lipinski definition) is 3. The van der Waals surface area contributed by atoms with Crippen LogP contribution in [0.3, 0.4) is 0 Å². The second-order valence-electron chi connectivity index (χ2n) is 2.98. The number of benzene rings is 1. The Balaban J connectivity index is 3.01. The molecule has 1 rings (SSSR count). The lowest BCUT2D eigenvalue weighted by atomic mass is 10.4. The third-order valence-electron chi connectivity index (χ3n) is 1.83. The lowest BCUT2D eigenvalue weighted by Crippen LogP contribution is -2.15. The van der Waals surface area contributed by atoms with Crippen LogP contribution in [0.5, 0.6) is 0 Å². The molecule has 0 heterocycles. The van der Waals surface area contributed by atoms with Crippen LogP contribution in [-0.4, -0.2) is 23.8 Å². The van der Waals surface area contributed by atoms with Crippen LogP contribution in [0.25, 0.3) is 0 Å². The van der Waals surface area contributed by atoms with Gasteiger partial charge in [0.1, 0.15) is 6.16 Å². The van der Waals surface area contributed by atoms with Crippen LogP contribution in [-0.2, 0) is 13.9 Å². The molecule has 0 aliphatic heterocycles. The molecule has 0 saturated heterocycles. The van der Waals surface area contributed by atoms with E-state index in [1.807, 2.05) is 0 Å². The van der Waals surface area contributed by atoms with Gasteiger partial charge in [-0.3, -0.25) is 9.36 Å². The predicted molar refractivity (Wildman–Crippen MR) is 57.8 cm³/mol. The molecule has 0 aliphatic carbocycles. The summed E-state index contributed by atoms with van der Waals surface area (Å²) in [6.07, 6.45) is -0.467. The van der Waals surface area contributed by atoms with Crippen molar-refractivity contribution in [3.63, 3.8) is 0 Å². The summed E-state index contributed by atoms with van der Waals surface area (Å²) in [5, 5.41) is 9.14. The monoisotopic (exact) mass is 228 g/mol. The zero-order chi connectivity index (χ0) is 11.3. The van der Waals surface area contributed by atoms with Gasteiger partial charge >= 0.3 is 5.97 Å². The molecule has 0 fully saturated rings. The molecule has 1 atom stereocenters. The quantitative estimate of drug-likeness (QED) is 0.779. The highest BCUT2D eigenvalue weighted by atomic mass is 31.2. The molecule has 0 bridgehead atoms. The van der Waals surface area contributed by atoms with Crippen molar-refractivity contribution in [2.75, 3.05) is 12.8 Å². The molecule has 4 nitrogen and oxygen atoms in total. The molecule has 0 amide bonds. The van der Waals surface area contributed by atoms with Crippen LogP contribution in [0.1, 0.15) is 6.92 Å². The van der Waals surface area contributed by atoms with E-state index >= 15 is 0 Å². The van der Waals surface area contributed by atoms with Crippen molar-refractivity contribution in [2.24, 2.45) is 0 Å². The Morgan fingerprint density at radius 3 is 2.47 bits per heavy atom. The number of aliphatic carboxylic acids is 1. The Morgan fingerprint density at radius 2 is 2.00 bits per heavy atom. The predicted octanol–water partition coefficient (Wildman–Crippen LogP) is 1.71. The smallest absolute Gasteiger partial charge is 0.313 e. The average Bonchev–Trinajstić information content (AvgIpc) is 2.18. The second kappa shape index (κ2) is 5.10. The van der Waals surface area contributed by atoms with Gasteiger partial charge in [-0.1, -0.05) is 18.2 Å². The van der Waals surface area contributed by atoms with Crippen molar-refractivity contribution in [2.45, 2.75) is 6.92 Å². The highest BCUT2D eigenvalue weighted by Gasteiger charge is 2.28. The first-order valence-electron chi connectivity index (χ1n) is 4.59. The normalized spacial score (nSPS) is 14.5. The van der Waals surface area contributed by atoms with Crippen molar-refractivity contribution in [1.82, 2.24) is 0 Å². The van der Waals surface area contributed by atoms with Crippen molar-refractivity contribution in [3.05, 3.63) is 30.3 Å². The maximum atomic E-state index is 12.2. The molecule has 1 N–H and O–H groups in total. The van der Waals surface area contributed by atoms with Crippen LogP contribution in [0.15, 0.2) is 30.3 Å². The van der Waals surface area contributed by atoms with Gasteiger partial charge in [0.05, 0.1) is 6.61 Å². The minimum absolute atomic E-state index is 0.236. The third kappa shape index (κ3) is 3.18. The lowest BCUT2D eigenvalue weighted by Gasteiger charge is -2.15. The summed E-state index contributed by atoms with van der Waals surface area (Å²) >= 11 is 0. The van der Waals surface area contributed by atoms with E-state index in [-0.39, 0.29) is 6.61 Å². The third-order valence-corrected chi connectivity index (χ3v) is 4.28. The highest BCUT2D eigenvalue weighted by Crippen LogP contribution is 2.45. The summed E-state index contributed by atoms with van der Waals surface area (Å²) in [5.74, 6) is -1.12. The van der Waals surface area contributed by atoms with E-state index in [0.29, 0.717) is 5.30 Å². The van der Waals surface area contributed by atoms with Crippen LogP contribution in [0.4, 0.5) is 0 Å². The number of carboxylic acid groups (broad SMARTS) is 1. The number of carboxylic acids is 1. The standard InChI is InChI=1S/C10H13O4P/c1-2-14-15(13,8-10(11)12)9-6-4-3-5-7-9/h3-7H,2,8H2,1H3,(H,11,12). The molecule has 15 heavy (non-hydrogen) atoms. The molecule has 0 aromatic heterocycles. The topological polar surface area (TPSA) is 63.6 Å². The Kier molecular flexibility index (Phi) is 4.06. The summed E-state index contributed by atoms with van der Waals surface area (Å²) < 4.78 is 17.3. The summed E-state index contributed by atoms with van der Waals surface area (Å²) in [4.78, 5) is 10.6. The molecule has 0 aliphatic rings. The molecule has 5 heteroatoms. The first kappa shape index (κ1) is 12.0. The Morgan fingerprint density at radius 1 is 1.40 bits per heavy atom. The minimum atomic E-state index is -3.23. The van der Waals surface area contributed by atoms with Gasteiger partial charge in [-0.25, -0.2) is 0 Å². The van der Waals surface area contributed by atoms with Crippen LogP contribution >= 0.6 is 7.37 Å². The van der Waals surface area contributed by atoms with Crippen LogP contribution in [0.2, 0.25) is 0 Å². The van der Waals surface area contributed by atoms with E-state index in [4.69, 9.17) is 9.63 Å². The fourth-order valence-corrected chi connectivity index (χ4v) is 3.08. The molecule has 0 saturated carbocycles. The first-order valence-corrected chi connectivity index (χ1v) is 6.40. The Bertz CT molecular complexity index is 374. The van der Waals surface area contributed by atoms with Crippen LogP contribution < -0.4 is 5.30 Å². The fraction of sp³-hybridized carbons (Fsp3) is 0.300. The van der Waals surface area contributed by atoms with Gasteiger partial charge < -0.3 is 9.63 Å². The molecule has 82 valence electrons. The summed E-state index contributed by atoms with van der Waals surface area (Å²) in [7, 11) is -3.23. The number of rotatable bonds is 5. The molecular weight excluding hydrogens is 215 g/mol. The van der Waals surface area contributed by atoms with Gasteiger partial charge in [0.25, 0.3) is 0 Å². The minimum Gasteiger partial charge on any atom is -0.481 e. The zero-order valence-corrected chi connectivity index (χ0v) is 9.31. The van der Waals surface area contributed by atoms with Crippen LogP contribution in [0, 0.1) is 0 Å². The molecule has 1 unspecified atom stereocenters. The van der Waals surface area contributed by atoms with Crippen molar-refractivity contribution < 1.29 is 19.0 Å². The largest absolute Gasteiger partial charge is 0.481 e. The van der Waals surface area contributed by atoms with Crippen molar-refractivity contribution >= 4 is 18.6 Å². The summed E-state index contributed by atoms with van der Waals surface area (Å²) in [6, 6.07) is 8.45. The van der Waals surface area contributed by atoms with Gasteiger partial charge in [-0.15, -0.1) is 0 Å². The lowest BCUT2D eigenvalue weighted by molar-refractivity contribution is -0.134. The van der Waals surface area contributed by atoms with E-state index < -0.39 is 19.5 Å². The van der Waals surface area contributed by atoms with Gasteiger partial charge in [0, 0.05) is 5.30 Å². The summed E-state index contributed by atoms with van der Waals surface area (Å²) in [5.41, 5.74) is 0. The Labute approximate surface area is 88.3 Å². The van der Waals surface area contributed by atoms with E-state index in [1.54, 1.807) is 37.3 Å². The number of hydrogen-bond donors (Lipinski definition) is 1.